The van der Waals surface area contributed by atoms with Crippen molar-refractivity contribution in [2.24, 2.45) is 11.1 Å². The summed E-state index contributed by atoms with van der Waals surface area (Å²) in [5, 5.41) is 8.80. The maximum absolute atomic E-state index is 11.6. The number of nitrogens with two attached hydrogens (primary N) is 1. The van der Waals surface area contributed by atoms with E-state index in [0.29, 0.717) is 5.56 Å². The molecule has 106 valence electrons. The van der Waals surface area contributed by atoms with Gasteiger partial charge < -0.3 is 15.6 Å². The number of halogens is 1. The molecule has 6 heteroatoms. The number of carboxylic acid groups (broad SMARTS) is 1. The minimum Gasteiger partial charge on any atom is -0.478 e. The standard InChI is InChI=1S/C13H17NO4.ClH/c1-13(2,12(17)18-3)10(14)8-4-6-9(7-5-8)11(15)16;/h4-7,10H,14H2,1-3H3,(H,15,16);1H/t10-;/m0./s1. The topological polar surface area (TPSA) is 89.6 Å². The van der Waals surface area contributed by atoms with Crippen LogP contribution in [0.25, 0.3) is 0 Å². The quantitative estimate of drug-likeness (QED) is 0.827. The number of ether oxygens (including phenoxy) is 1. The van der Waals surface area contributed by atoms with Gasteiger partial charge in [0, 0.05) is 6.04 Å². The van der Waals surface area contributed by atoms with Gasteiger partial charge in [0.15, 0.2) is 0 Å². The average molecular weight is 288 g/mol. The molecule has 0 bridgehead atoms. The van der Waals surface area contributed by atoms with Gasteiger partial charge in [0.1, 0.15) is 0 Å². The molecule has 1 aromatic carbocycles. The van der Waals surface area contributed by atoms with Crippen LogP contribution in [0.3, 0.4) is 0 Å². The summed E-state index contributed by atoms with van der Waals surface area (Å²) in [6.45, 7) is 3.38. The van der Waals surface area contributed by atoms with Gasteiger partial charge in [-0.2, -0.15) is 0 Å². The van der Waals surface area contributed by atoms with Crippen LogP contribution < -0.4 is 5.73 Å². The summed E-state index contributed by atoms with van der Waals surface area (Å²) in [5.74, 6) is -1.40. The number of hydrogen-bond donors (Lipinski definition) is 2. The second-order valence-electron chi connectivity index (χ2n) is 4.62. The van der Waals surface area contributed by atoms with Gasteiger partial charge in [0.05, 0.1) is 18.1 Å². The number of benzene rings is 1. The smallest absolute Gasteiger partial charge is 0.335 e. The molecule has 0 aromatic heterocycles. The van der Waals surface area contributed by atoms with Crippen LogP contribution in [0.4, 0.5) is 0 Å². The third-order valence-corrected chi connectivity index (χ3v) is 3.01. The monoisotopic (exact) mass is 287 g/mol. The molecule has 0 saturated carbocycles. The van der Waals surface area contributed by atoms with E-state index in [4.69, 9.17) is 15.6 Å². The summed E-state index contributed by atoms with van der Waals surface area (Å²) >= 11 is 0. The van der Waals surface area contributed by atoms with Crippen molar-refractivity contribution in [2.75, 3.05) is 7.11 Å². The highest BCUT2D eigenvalue weighted by Gasteiger charge is 2.36. The lowest BCUT2D eigenvalue weighted by Crippen LogP contribution is -2.37. The number of hydrogen-bond acceptors (Lipinski definition) is 4. The Labute approximate surface area is 118 Å². The van der Waals surface area contributed by atoms with Crippen LogP contribution in [-0.4, -0.2) is 24.2 Å². The van der Waals surface area contributed by atoms with E-state index in [1.165, 1.54) is 19.2 Å². The molecule has 0 unspecified atom stereocenters. The fourth-order valence-corrected chi connectivity index (χ4v) is 1.64. The van der Waals surface area contributed by atoms with Crippen LogP contribution in [0, 0.1) is 5.41 Å². The average Bonchev–Trinajstić information content (AvgIpc) is 2.36. The van der Waals surface area contributed by atoms with E-state index in [1.807, 2.05) is 0 Å². The van der Waals surface area contributed by atoms with Gasteiger partial charge in [-0.1, -0.05) is 12.1 Å². The summed E-state index contributed by atoms with van der Waals surface area (Å²) in [7, 11) is 1.31. The van der Waals surface area contributed by atoms with Gasteiger partial charge in [-0.15, -0.1) is 12.4 Å². The molecule has 1 rings (SSSR count). The largest absolute Gasteiger partial charge is 0.478 e. The summed E-state index contributed by atoms with van der Waals surface area (Å²) < 4.78 is 4.71. The second-order valence-corrected chi connectivity index (χ2v) is 4.62. The fourth-order valence-electron chi connectivity index (χ4n) is 1.64. The molecule has 0 fully saturated rings. The van der Waals surface area contributed by atoms with Gasteiger partial charge >= 0.3 is 11.9 Å². The fraction of sp³-hybridized carbons (Fsp3) is 0.385. The van der Waals surface area contributed by atoms with Gasteiger partial charge in [-0.05, 0) is 31.5 Å². The number of carbonyl (C=O) groups is 2. The summed E-state index contributed by atoms with van der Waals surface area (Å²) in [5.41, 5.74) is 6.02. The van der Waals surface area contributed by atoms with Crippen LogP contribution in [0.15, 0.2) is 24.3 Å². The molecule has 0 aliphatic rings. The molecule has 3 N–H and O–H groups in total. The van der Waals surface area contributed by atoms with E-state index in [0.717, 1.165) is 0 Å². The molecule has 0 aliphatic heterocycles. The lowest BCUT2D eigenvalue weighted by molar-refractivity contribution is -0.152. The minimum atomic E-state index is -0.998. The van der Waals surface area contributed by atoms with Crippen LogP contribution in [-0.2, 0) is 9.53 Å². The molecule has 5 nitrogen and oxygen atoms in total. The summed E-state index contributed by atoms with van der Waals surface area (Å²) in [6, 6.07) is 5.58. The van der Waals surface area contributed by atoms with Crippen LogP contribution >= 0.6 is 12.4 Å². The van der Waals surface area contributed by atoms with Gasteiger partial charge in [0.2, 0.25) is 0 Å². The van der Waals surface area contributed by atoms with E-state index in [2.05, 4.69) is 0 Å². The van der Waals surface area contributed by atoms with Crippen molar-refractivity contribution in [1.82, 2.24) is 0 Å². The van der Waals surface area contributed by atoms with E-state index < -0.39 is 23.4 Å². The highest BCUT2D eigenvalue weighted by Crippen LogP contribution is 2.32. The van der Waals surface area contributed by atoms with Crippen molar-refractivity contribution >= 4 is 24.3 Å². The zero-order chi connectivity index (χ0) is 13.9. The maximum atomic E-state index is 11.6. The van der Waals surface area contributed by atoms with Crippen molar-refractivity contribution in [2.45, 2.75) is 19.9 Å². The van der Waals surface area contributed by atoms with E-state index in [9.17, 15) is 9.59 Å². The third kappa shape index (κ3) is 3.68. The molecule has 0 spiro atoms. The van der Waals surface area contributed by atoms with Crippen LogP contribution in [0.2, 0.25) is 0 Å². The number of carboxylic acids is 1. The predicted octanol–water partition coefficient (Wildman–Crippen LogP) is 2.01. The maximum Gasteiger partial charge on any atom is 0.335 e. The first-order chi connectivity index (χ1) is 8.30. The molecule has 0 heterocycles. The molecule has 19 heavy (non-hydrogen) atoms. The molecule has 0 saturated heterocycles. The van der Waals surface area contributed by atoms with Crippen molar-refractivity contribution in [1.29, 1.82) is 0 Å². The van der Waals surface area contributed by atoms with E-state index in [-0.39, 0.29) is 18.0 Å². The zero-order valence-corrected chi connectivity index (χ0v) is 11.9. The minimum absolute atomic E-state index is 0. The Morgan fingerprint density at radius 1 is 1.26 bits per heavy atom. The Bertz CT molecular complexity index is 456. The second kappa shape index (κ2) is 6.54. The molecular formula is C13H18ClNO4. The number of carbonyl (C=O) groups excluding carboxylic acids is 1. The lowest BCUT2D eigenvalue weighted by atomic mass is 9.81. The van der Waals surface area contributed by atoms with E-state index in [1.54, 1.807) is 26.0 Å². The molecule has 1 aromatic rings. The molecule has 1 atom stereocenters. The molecule has 0 radical (unpaired) electrons. The Balaban J connectivity index is 0.00000324. The number of esters is 1. The van der Waals surface area contributed by atoms with Crippen molar-refractivity contribution in [3.63, 3.8) is 0 Å². The highest BCUT2D eigenvalue weighted by molar-refractivity contribution is 5.87. The van der Waals surface area contributed by atoms with Crippen molar-refractivity contribution < 1.29 is 19.4 Å². The Morgan fingerprint density at radius 2 is 1.74 bits per heavy atom. The van der Waals surface area contributed by atoms with Crippen LogP contribution in [0.1, 0.15) is 35.8 Å². The Hall–Kier alpha value is -1.59. The van der Waals surface area contributed by atoms with Crippen molar-refractivity contribution in [3.05, 3.63) is 35.4 Å². The first-order valence-electron chi connectivity index (χ1n) is 5.48. The summed E-state index contributed by atoms with van der Waals surface area (Å²) in [4.78, 5) is 22.4. The first kappa shape index (κ1) is 17.4. The number of methoxy groups -OCH3 is 1. The number of aromatic carboxylic acids is 1. The normalized spacial score (nSPS) is 12.2. The lowest BCUT2D eigenvalue weighted by Gasteiger charge is -2.28. The summed E-state index contributed by atoms with van der Waals surface area (Å²) in [6.07, 6.45) is 0. The first-order valence-corrected chi connectivity index (χ1v) is 5.48. The van der Waals surface area contributed by atoms with Gasteiger partial charge in [-0.25, -0.2) is 4.79 Å². The SMILES string of the molecule is COC(=O)C(C)(C)[C@@H](N)c1ccc(C(=O)O)cc1.Cl. The molecule has 0 aliphatic carbocycles. The Kier molecular flexibility index (Phi) is 5.99. The van der Waals surface area contributed by atoms with Gasteiger partial charge in [0.25, 0.3) is 0 Å². The van der Waals surface area contributed by atoms with E-state index >= 15 is 0 Å². The molecular weight excluding hydrogens is 270 g/mol. The number of rotatable bonds is 4. The third-order valence-electron chi connectivity index (χ3n) is 3.01. The van der Waals surface area contributed by atoms with Crippen LogP contribution in [0.5, 0.6) is 0 Å². The van der Waals surface area contributed by atoms with Gasteiger partial charge in [-0.3, -0.25) is 4.79 Å². The Morgan fingerprint density at radius 3 is 2.11 bits per heavy atom. The highest BCUT2D eigenvalue weighted by atomic mass is 35.5. The van der Waals surface area contributed by atoms with Crippen molar-refractivity contribution in [3.8, 4) is 0 Å². The zero-order valence-electron chi connectivity index (χ0n) is 11.0. The predicted molar refractivity (Wildman–Crippen MR) is 73.4 cm³/mol. The molecule has 0 amide bonds.